The molecule has 3 aromatic rings. The van der Waals surface area contributed by atoms with Crippen molar-refractivity contribution >= 4 is 11.6 Å². The number of benzene rings is 2. The molecule has 27 heavy (non-hydrogen) atoms. The Bertz CT molecular complexity index is 947. The molecule has 0 atom stereocenters. The number of aromatic amines is 1. The first-order valence-corrected chi connectivity index (χ1v) is 8.84. The minimum absolute atomic E-state index is 0.0808. The monoisotopic (exact) mass is 363 g/mol. The summed E-state index contributed by atoms with van der Waals surface area (Å²) in [6.45, 7) is 4.00. The first kappa shape index (κ1) is 17.1. The summed E-state index contributed by atoms with van der Waals surface area (Å²) in [5, 5.41) is 9.68. The molecule has 0 unspecified atom stereocenters. The molecule has 2 aromatic carbocycles. The third-order valence-electron chi connectivity index (χ3n) is 4.39. The van der Waals surface area contributed by atoms with Crippen LogP contribution >= 0.6 is 0 Å². The fourth-order valence-corrected chi connectivity index (χ4v) is 3.19. The Hall–Kier alpha value is -3.28. The maximum Gasteiger partial charge on any atom is 0.262 e. The van der Waals surface area contributed by atoms with E-state index in [0.717, 1.165) is 29.0 Å². The smallest absolute Gasteiger partial charge is 0.262 e. The van der Waals surface area contributed by atoms with Crippen molar-refractivity contribution in [3.8, 4) is 22.8 Å². The average Bonchev–Trinajstić information content (AvgIpc) is 3.27. The summed E-state index contributed by atoms with van der Waals surface area (Å²) in [7, 11) is 0. The highest BCUT2D eigenvalue weighted by Crippen LogP contribution is 2.41. The van der Waals surface area contributed by atoms with Crippen LogP contribution in [-0.2, 0) is 11.2 Å². The van der Waals surface area contributed by atoms with E-state index in [2.05, 4.69) is 15.5 Å². The van der Waals surface area contributed by atoms with Crippen LogP contribution in [0.15, 0.2) is 54.7 Å². The van der Waals surface area contributed by atoms with E-state index < -0.39 is 0 Å². The lowest BCUT2D eigenvalue weighted by molar-refractivity contribution is -0.118. The summed E-state index contributed by atoms with van der Waals surface area (Å²) in [5.74, 6) is 1.11. The van der Waals surface area contributed by atoms with Gasteiger partial charge in [0.1, 0.15) is 5.60 Å². The predicted octanol–water partition coefficient (Wildman–Crippen LogP) is 3.81. The quantitative estimate of drug-likeness (QED) is 0.723. The van der Waals surface area contributed by atoms with Crippen LogP contribution in [0.2, 0.25) is 0 Å². The molecule has 0 bridgehead atoms. The van der Waals surface area contributed by atoms with E-state index >= 15 is 0 Å². The Balaban J connectivity index is 1.36. The van der Waals surface area contributed by atoms with Crippen molar-refractivity contribution in [3.63, 3.8) is 0 Å². The van der Waals surface area contributed by atoms with Crippen molar-refractivity contribution in [3.05, 3.63) is 60.3 Å². The minimum atomic E-state index is -0.250. The molecule has 6 heteroatoms. The number of carbonyl (C=O) groups is 1. The molecule has 1 aromatic heterocycles. The lowest BCUT2D eigenvalue weighted by atomic mass is 10.0. The van der Waals surface area contributed by atoms with Crippen LogP contribution in [0.1, 0.15) is 19.4 Å². The highest BCUT2D eigenvalue weighted by atomic mass is 16.5. The molecule has 138 valence electrons. The zero-order valence-electron chi connectivity index (χ0n) is 15.3. The van der Waals surface area contributed by atoms with Gasteiger partial charge in [0.2, 0.25) is 0 Å². The molecule has 2 heterocycles. The molecule has 1 amide bonds. The number of para-hydroxylation sites is 1. The number of ether oxygens (including phenoxy) is 2. The van der Waals surface area contributed by atoms with E-state index in [1.54, 1.807) is 6.20 Å². The van der Waals surface area contributed by atoms with E-state index in [1.807, 2.05) is 62.4 Å². The number of nitrogens with zero attached hydrogens (tertiary/aromatic N) is 1. The zero-order chi connectivity index (χ0) is 18.9. The van der Waals surface area contributed by atoms with Gasteiger partial charge in [-0.1, -0.05) is 24.3 Å². The number of rotatable bonds is 5. The summed E-state index contributed by atoms with van der Waals surface area (Å²) < 4.78 is 11.7. The van der Waals surface area contributed by atoms with Crippen LogP contribution in [0.3, 0.4) is 0 Å². The van der Waals surface area contributed by atoms with Crippen LogP contribution in [0, 0.1) is 0 Å². The molecule has 2 N–H and O–H groups in total. The van der Waals surface area contributed by atoms with Crippen molar-refractivity contribution < 1.29 is 14.3 Å². The van der Waals surface area contributed by atoms with E-state index in [0.29, 0.717) is 11.4 Å². The SMILES string of the molecule is CC1(C)Cc2cccc(OCC(=O)Nc3ccc(-c4ccn[nH]4)cc3)c2O1. The predicted molar refractivity (Wildman–Crippen MR) is 103 cm³/mol. The van der Waals surface area contributed by atoms with Gasteiger partial charge in [0.05, 0.1) is 5.69 Å². The van der Waals surface area contributed by atoms with Gasteiger partial charge in [-0.05, 0) is 43.7 Å². The highest BCUT2D eigenvalue weighted by molar-refractivity contribution is 5.92. The van der Waals surface area contributed by atoms with Crippen molar-refractivity contribution in [1.29, 1.82) is 0 Å². The molecule has 1 aliphatic rings. The number of hydrogen-bond acceptors (Lipinski definition) is 4. The van der Waals surface area contributed by atoms with Gasteiger partial charge in [-0.2, -0.15) is 5.10 Å². The van der Waals surface area contributed by atoms with Crippen LogP contribution < -0.4 is 14.8 Å². The lowest BCUT2D eigenvalue weighted by Crippen LogP contribution is -2.25. The summed E-state index contributed by atoms with van der Waals surface area (Å²) in [6, 6.07) is 15.2. The molecular formula is C21H21N3O3. The Morgan fingerprint density at radius 3 is 2.78 bits per heavy atom. The third-order valence-corrected chi connectivity index (χ3v) is 4.39. The number of H-pyrrole nitrogens is 1. The van der Waals surface area contributed by atoms with Gasteiger partial charge in [-0.15, -0.1) is 0 Å². The van der Waals surface area contributed by atoms with Gasteiger partial charge in [0, 0.05) is 23.9 Å². The maximum atomic E-state index is 12.2. The second-order valence-corrected chi connectivity index (χ2v) is 7.17. The van der Waals surface area contributed by atoms with Crippen LogP contribution in [0.4, 0.5) is 5.69 Å². The standard InChI is InChI=1S/C21H21N3O3/c1-21(2)12-15-4-3-5-18(20(15)27-21)26-13-19(25)23-16-8-6-14(7-9-16)17-10-11-22-24-17/h3-11H,12-13H2,1-2H3,(H,22,24)(H,23,25). The van der Waals surface area contributed by atoms with Gasteiger partial charge in [0.25, 0.3) is 5.91 Å². The first-order valence-electron chi connectivity index (χ1n) is 8.84. The molecule has 1 aliphatic heterocycles. The summed E-state index contributed by atoms with van der Waals surface area (Å²) in [6.07, 6.45) is 2.53. The molecule has 0 fully saturated rings. The Labute approximate surface area is 157 Å². The fourth-order valence-electron chi connectivity index (χ4n) is 3.19. The van der Waals surface area contributed by atoms with Gasteiger partial charge in [-0.3, -0.25) is 9.89 Å². The van der Waals surface area contributed by atoms with Crippen molar-refractivity contribution in [2.75, 3.05) is 11.9 Å². The average molecular weight is 363 g/mol. The van der Waals surface area contributed by atoms with Gasteiger partial charge >= 0.3 is 0 Å². The number of carbonyl (C=O) groups excluding carboxylic acids is 1. The number of fused-ring (bicyclic) bond motifs is 1. The Kier molecular flexibility index (Phi) is 4.32. The molecule has 0 saturated carbocycles. The fraction of sp³-hybridized carbons (Fsp3) is 0.238. The second-order valence-electron chi connectivity index (χ2n) is 7.17. The number of nitrogens with one attached hydrogen (secondary N) is 2. The first-order chi connectivity index (χ1) is 13.0. The summed E-state index contributed by atoms with van der Waals surface area (Å²) in [4.78, 5) is 12.2. The molecule has 0 radical (unpaired) electrons. The number of aromatic nitrogens is 2. The number of hydrogen-bond donors (Lipinski definition) is 2. The lowest BCUT2D eigenvalue weighted by Gasteiger charge is -2.18. The van der Waals surface area contributed by atoms with Crippen molar-refractivity contribution in [2.24, 2.45) is 0 Å². The normalized spacial score (nSPS) is 14.3. The largest absolute Gasteiger partial charge is 0.483 e. The van der Waals surface area contributed by atoms with Crippen molar-refractivity contribution in [1.82, 2.24) is 10.2 Å². The summed E-state index contributed by atoms with van der Waals surface area (Å²) in [5.41, 5.74) is 3.49. The topological polar surface area (TPSA) is 76.2 Å². The third kappa shape index (κ3) is 3.79. The molecular weight excluding hydrogens is 342 g/mol. The highest BCUT2D eigenvalue weighted by Gasteiger charge is 2.32. The molecule has 4 rings (SSSR count). The maximum absolute atomic E-state index is 12.2. The van der Waals surface area contributed by atoms with Crippen LogP contribution in [-0.4, -0.2) is 28.3 Å². The van der Waals surface area contributed by atoms with Gasteiger partial charge in [0.15, 0.2) is 18.1 Å². The Morgan fingerprint density at radius 2 is 2.04 bits per heavy atom. The Morgan fingerprint density at radius 1 is 1.22 bits per heavy atom. The van der Waals surface area contributed by atoms with Gasteiger partial charge in [-0.25, -0.2) is 0 Å². The number of amides is 1. The summed E-state index contributed by atoms with van der Waals surface area (Å²) >= 11 is 0. The second kappa shape index (κ2) is 6.79. The minimum Gasteiger partial charge on any atom is -0.483 e. The van der Waals surface area contributed by atoms with Crippen LogP contribution in [0.25, 0.3) is 11.3 Å². The molecule has 6 nitrogen and oxygen atoms in total. The van der Waals surface area contributed by atoms with Crippen LogP contribution in [0.5, 0.6) is 11.5 Å². The van der Waals surface area contributed by atoms with E-state index in [4.69, 9.17) is 9.47 Å². The zero-order valence-corrected chi connectivity index (χ0v) is 15.3. The van der Waals surface area contributed by atoms with E-state index in [1.165, 1.54) is 0 Å². The molecule has 0 spiro atoms. The molecule has 0 aliphatic carbocycles. The van der Waals surface area contributed by atoms with E-state index in [-0.39, 0.29) is 18.1 Å². The van der Waals surface area contributed by atoms with Gasteiger partial charge < -0.3 is 14.8 Å². The van der Waals surface area contributed by atoms with Crippen molar-refractivity contribution in [2.45, 2.75) is 25.9 Å². The number of anilines is 1. The van der Waals surface area contributed by atoms with E-state index in [9.17, 15) is 4.79 Å². The molecule has 0 saturated heterocycles.